The van der Waals surface area contributed by atoms with Crippen LogP contribution in [-0.4, -0.2) is 27.9 Å². The molecule has 0 heterocycles. The van der Waals surface area contributed by atoms with Crippen molar-refractivity contribution in [1.82, 2.24) is 0 Å². The summed E-state index contributed by atoms with van der Waals surface area (Å²) in [5.74, 6) is 1.69. The molecule has 2 rings (SSSR count). The van der Waals surface area contributed by atoms with Gasteiger partial charge in [-0.25, -0.2) is 4.39 Å². The molecule has 0 aliphatic carbocycles. The van der Waals surface area contributed by atoms with Gasteiger partial charge in [0.2, 0.25) is 0 Å². The highest BCUT2D eigenvalue weighted by molar-refractivity contribution is 5.44. The van der Waals surface area contributed by atoms with E-state index in [0.29, 0.717) is 18.7 Å². The van der Waals surface area contributed by atoms with Crippen LogP contribution in [0.5, 0.6) is 17.2 Å². The minimum Gasteiger partial charge on any atom is -0.497 e. The molecule has 23 heavy (non-hydrogen) atoms. The van der Waals surface area contributed by atoms with Crippen LogP contribution >= 0.6 is 0 Å². The van der Waals surface area contributed by atoms with Crippen LogP contribution in [0.2, 0.25) is 0 Å². The van der Waals surface area contributed by atoms with E-state index in [0.717, 1.165) is 22.6 Å². The van der Waals surface area contributed by atoms with E-state index in [1.54, 1.807) is 27.4 Å². The Labute approximate surface area is 136 Å². The third kappa shape index (κ3) is 3.93. The van der Waals surface area contributed by atoms with Gasteiger partial charge in [0.25, 0.3) is 0 Å². The standard InChI is InChI=1S/C18H22FNO3/c1-21-15-6-4-12(18(10-15)23-3)8-13(11-20)16-9-14(19)5-7-17(16)22-2/h4-7,9-10,13H,8,11,20H2,1-3H3. The zero-order valence-corrected chi connectivity index (χ0v) is 13.6. The SMILES string of the molecule is COc1ccc(CC(CN)c2cc(F)ccc2OC)c(OC)c1. The Kier molecular flexibility index (Phi) is 5.82. The molecule has 0 saturated heterocycles. The number of hydrogen-bond donors (Lipinski definition) is 1. The van der Waals surface area contributed by atoms with Crippen LogP contribution in [0, 0.1) is 5.82 Å². The summed E-state index contributed by atoms with van der Waals surface area (Å²) in [5.41, 5.74) is 7.67. The van der Waals surface area contributed by atoms with Crippen molar-refractivity contribution < 1.29 is 18.6 Å². The molecule has 1 atom stereocenters. The summed E-state index contributed by atoms with van der Waals surface area (Å²) in [4.78, 5) is 0. The van der Waals surface area contributed by atoms with Crippen LogP contribution in [0.25, 0.3) is 0 Å². The van der Waals surface area contributed by atoms with Crippen LogP contribution in [-0.2, 0) is 6.42 Å². The average Bonchev–Trinajstić information content (AvgIpc) is 2.59. The van der Waals surface area contributed by atoms with Gasteiger partial charge >= 0.3 is 0 Å². The van der Waals surface area contributed by atoms with Crippen LogP contribution in [0.4, 0.5) is 4.39 Å². The zero-order chi connectivity index (χ0) is 16.8. The molecular weight excluding hydrogens is 297 g/mol. The minimum atomic E-state index is -0.305. The van der Waals surface area contributed by atoms with Crippen molar-refractivity contribution in [2.24, 2.45) is 5.73 Å². The maximum Gasteiger partial charge on any atom is 0.125 e. The largest absolute Gasteiger partial charge is 0.497 e. The molecular formula is C18H22FNO3. The second-order valence-corrected chi connectivity index (χ2v) is 5.20. The summed E-state index contributed by atoms with van der Waals surface area (Å²) in [7, 11) is 4.78. The van der Waals surface area contributed by atoms with E-state index in [1.165, 1.54) is 12.1 Å². The number of ether oxygens (including phenoxy) is 3. The van der Waals surface area contributed by atoms with E-state index in [2.05, 4.69) is 0 Å². The first-order valence-electron chi connectivity index (χ1n) is 7.37. The fourth-order valence-electron chi connectivity index (χ4n) is 2.63. The number of halogens is 1. The first-order chi connectivity index (χ1) is 11.1. The van der Waals surface area contributed by atoms with Gasteiger partial charge in [-0.2, -0.15) is 0 Å². The summed E-state index contributed by atoms with van der Waals surface area (Å²) < 4.78 is 29.6. The topological polar surface area (TPSA) is 53.7 Å². The van der Waals surface area contributed by atoms with Gasteiger partial charge in [-0.05, 0) is 42.8 Å². The quantitative estimate of drug-likeness (QED) is 0.852. The van der Waals surface area contributed by atoms with E-state index in [-0.39, 0.29) is 11.7 Å². The molecule has 2 aromatic rings. The van der Waals surface area contributed by atoms with E-state index < -0.39 is 0 Å². The van der Waals surface area contributed by atoms with Gasteiger partial charge < -0.3 is 19.9 Å². The van der Waals surface area contributed by atoms with Crippen molar-refractivity contribution >= 4 is 0 Å². The van der Waals surface area contributed by atoms with E-state index in [1.807, 2.05) is 18.2 Å². The van der Waals surface area contributed by atoms with Gasteiger partial charge in [0.05, 0.1) is 21.3 Å². The highest BCUT2D eigenvalue weighted by atomic mass is 19.1. The van der Waals surface area contributed by atoms with Gasteiger partial charge in [-0.3, -0.25) is 0 Å². The molecule has 4 nitrogen and oxygen atoms in total. The van der Waals surface area contributed by atoms with Crippen molar-refractivity contribution in [3.05, 3.63) is 53.3 Å². The highest BCUT2D eigenvalue weighted by Crippen LogP contribution is 2.33. The van der Waals surface area contributed by atoms with Crippen molar-refractivity contribution in [1.29, 1.82) is 0 Å². The Morgan fingerprint density at radius 1 is 0.957 bits per heavy atom. The number of hydrogen-bond acceptors (Lipinski definition) is 4. The van der Waals surface area contributed by atoms with Crippen molar-refractivity contribution in [3.8, 4) is 17.2 Å². The molecule has 0 aliphatic rings. The predicted molar refractivity (Wildman–Crippen MR) is 88.0 cm³/mol. The Bertz CT molecular complexity index is 661. The van der Waals surface area contributed by atoms with E-state index in [4.69, 9.17) is 19.9 Å². The Balaban J connectivity index is 2.35. The third-order valence-electron chi connectivity index (χ3n) is 3.88. The van der Waals surface area contributed by atoms with Crippen molar-refractivity contribution in [3.63, 3.8) is 0 Å². The molecule has 0 spiro atoms. The second kappa shape index (κ2) is 7.83. The molecule has 0 radical (unpaired) electrons. The molecule has 0 fully saturated rings. The summed E-state index contributed by atoms with van der Waals surface area (Å²) in [6.07, 6.45) is 0.615. The lowest BCUT2D eigenvalue weighted by Gasteiger charge is -2.20. The first kappa shape index (κ1) is 17.1. The van der Waals surface area contributed by atoms with Crippen LogP contribution < -0.4 is 19.9 Å². The number of methoxy groups -OCH3 is 3. The second-order valence-electron chi connectivity index (χ2n) is 5.20. The van der Waals surface area contributed by atoms with Gasteiger partial charge in [-0.1, -0.05) is 6.07 Å². The third-order valence-corrected chi connectivity index (χ3v) is 3.88. The molecule has 1 unspecified atom stereocenters. The molecule has 0 amide bonds. The maximum atomic E-state index is 13.6. The first-order valence-corrected chi connectivity index (χ1v) is 7.37. The monoisotopic (exact) mass is 319 g/mol. The van der Waals surface area contributed by atoms with Gasteiger partial charge in [0, 0.05) is 17.5 Å². The summed E-state index contributed by atoms with van der Waals surface area (Å²) in [6, 6.07) is 10.1. The minimum absolute atomic E-state index is 0.0806. The van der Waals surface area contributed by atoms with Gasteiger partial charge in [0.15, 0.2) is 0 Å². The maximum absolute atomic E-state index is 13.6. The van der Waals surface area contributed by atoms with E-state index >= 15 is 0 Å². The lowest BCUT2D eigenvalue weighted by Crippen LogP contribution is -2.16. The van der Waals surface area contributed by atoms with Crippen LogP contribution in [0.15, 0.2) is 36.4 Å². The Morgan fingerprint density at radius 3 is 2.30 bits per heavy atom. The van der Waals surface area contributed by atoms with E-state index in [9.17, 15) is 4.39 Å². The zero-order valence-electron chi connectivity index (χ0n) is 13.6. The average molecular weight is 319 g/mol. The fourth-order valence-corrected chi connectivity index (χ4v) is 2.63. The normalized spacial score (nSPS) is 11.9. The Morgan fingerprint density at radius 2 is 1.70 bits per heavy atom. The van der Waals surface area contributed by atoms with Gasteiger partial charge in [0.1, 0.15) is 23.1 Å². The molecule has 0 saturated carbocycles. The van der Waals surface area contributed by atoms with Crippen LogP contribution in [0.1, 0.15) is 17.0 Å². The number of benzene rings is 2. The Hall–Kier alpha value is -2.27. The fraction of sp³-hybridized carbons (Fsp3) is 0.333. The van der Waals surface area contributed by atoms with Crippen molar-refractivity contribution in [2.45, 2.75) is 12.3 Å². The molecule has 2 N–H and O–H groups in total. The number of nitrogens with two attached hydrogens (primary N) is 1. The predicted octanol–water partition coefficient (Wildman–Crippen LogP) is 3.14. The summed E-state index contributed by atoms with van der Waals surface area (Å²) in [6.45, 7) is 0.370. The molecule has 0 bridgehead atoms. The summed E-state index contributed by atoms with van der Waals surface area (Å²) >= 11 is 0. The lowest BCUT2D eigenvalue weighted by atomic mass is 9.90. The number of rotatable bonds is 7. The molecule has 0 aromatic heterocycles. The van der Waals surface area contributed by atoms with Crippen molar-refractivity contribution in [2.75, 3.05) is 27.9 Å². The molecule has 0 aliphatic heterocycles. The molecule has 5 heteroatoms. The smallest absolute Gasteiger partial charge is 0.125 e. The van der Waals surface area contributed by atoms with Crippen LogP contribution in [0.3, 0.4) is 0 Å². The molecule has 124 valence electrons. The highest BCUT2D eigenvalue weighted by Gasteiger charge is 2.18. The lowest BCUT2D eigenvalue weighted by molar-refractivity contribution is 0.388. The van der Waals surface area contributed by atoms with Gasteiger partial charge in [-0.15, -0.1) is 0 Å². The summed E-state index contributed by atoms with van der Waals surface area (Å²) in [5, 5.41) is 0. The molecule has 2 aromatic carbocycles.